The van der Waals surface area contributed by atoms with Crippen molar-refractivity contribution in [1.29, 1.82) is 5.26 Å². The van der Waals surface area contributed by atoms with E-state index in [1.165, 1.54) is 5.56 Å². The fourth-order valence-electron chi connectivity index (χ4n) is 3.86. The van der Waals surface area contributed by atoms with Crippen molar-refractivity contribution in [3.05, 3.63) is 95.1 Å². The maximum atomic E-state index is 13.1. The number of benzene rings is 3. The van der Waals surface area contributed by atoms with Crippen molar-refractivity contribution in [3.63, 3.8) is 0 Å². The molecule has 0 bridgehead atoms. The average molecular weight is 449 g/mol. The second kappa shape index (κ2) is 10.2. The van der Waals surface area contributed by atoms with Crippen molar-refractivity contribution >= 4 is 28.5 Å². The van der Waals surface area contributed by atoms with E-state index in [9.17, 15) is 10.1 Å². The van der Waals surface area contributed by atoms with E-state index in [0.29, 0.717) is 34.9 Å². The third kappa shape index (κ3) is 4.94. The van der Waals surface area contributed by atoms with Gasteiger partial charge in [-0.3, -0.25) is 4.79 Å². The van der Waals surface area contributed by atoms with E-state index in [2.05, 4.69) is 44.3 Å². The molecule has 3 aromatic carbocycles. The lowest BCUT2D eigenvalue weighted by Crippen LogP contribution is -2.27. The maximum Gasteiger partial charge on any atom is 0.255 e. The minimum atomic E-state index is -0.147. The van der Waals surface area contributed by atoms with Gasteiger partial charge in [0.15, 0.2) is 0 Å². The first-order chi connectivity index (χ1) is 16.5. The molecule has 4 rings (SSSR count). The third-order valence-corrected chi connectivity index (χ3v) is 5.77. The number of aryl methyl sites for hydroxylation is 1. The molecule has 170 valence electrons. The summed E-state index contributed by atoms with van der Waals surface area (Å²) in [6.07, 6.45) is 2.87. The molecule has 1 aromatic heterocycles. The first-order valence-corrected chi connectivity index (χ1v) is 11.6. The zero-order chi connectivity index (χ0) is 24.1. The van der Waals surface area contributed by atoms with Crippen LogP contribution >= 0.6 is 0 Å². The number of nitriles is 1. The second-order valence-corrected chi connectivity index (χ2v) is 8.75. The molecular weight excluding hydrogens is 420 g/mol. The summed E-state index contributed by atoms with van der Waals surface area (Å²) in [5, 5.41) is 13.6. The summed E-state index contributed by atoms with van der Waals surface area (Å²) in [5.74, 6) is 0.733. The Kier molecular flexibility index (Phi) is 6.94. The smallest absolute Gasteiger partial charge is 0.255 e. The van der Waals surface area contributed by atoms with Gasteiger partial charge in [0.25, 0.3) is 5.91 Å². The van der Waals surface area contributed by atoms with Crippen LogP contribution in [0.4, 0.5) is 0 Å². The lowest BCUT2D eigenvalue weighted by atomic mass is 9.99. The number of allylic oxidation sites excluding steroid dienone is 1. The number of hydrogen-bond acceptors (Lipinski definition) is 3. The van der Waals surface area contributed by atoms with Crippen molar-refractivity contribution in [2.24, 2.45) is 5.92 Å². The Morgan fingerprint density at radius 3 is 2.38 bits per heavy atom. The van der Waals surface area contributed by atoms with Crippen LogP contribution in [-0.4, -0.2) is 12.5 Å². The van der Waals surface area contributed by atoms with Gasteiger partial charge in [0.2, 0.25) is 0 Å². The molecule has 0 atom stereocenters. The Labute approximate surface area is 200 Å². The summed E-state index contributed by atoms with van der Waals surface area (Å²) >= 11 is 0. The van der Waals surface area contributed by atoms with Crippen LogP contribution in [0.1, 0.15) is 47.8 Å². The van der Waals surface area contributed by atoms with Crippen molar-refractivity contribution in [2.45, 2.75) is 27.2 Å². The number of para-hydroxylation sites is 1. The number of fused-ring (bicyclic) bond motifs is 1. The van der Waals surface area contributed by atoms with Gasteiger partial charge in [-0.2, -0.15) is 5.26 Å². The average Bonchev–Trinajstić information content (AvgIpc) is 3.26. The van der Waals surface area contributed by atoms with E-state index in [0.717, 1.165) is 28.5 Å². The molecule has 0 saturated heterocycles. The minimum Gasteiger partial charge on any atom is -0.455 e. The molecule has 0 aliphatic carbocycles. The van der Waals surface area contributed by atoms with Gasteiger partial charge in [-0.25, -0.2) is 0 Å². The fourth-order valence-corrected chi connectivity index (χ4v) is 3.86. The quantitative estimate of drug-likeness (QED) is 0.242. The molecule has 4 aromatic rings. The molecule has 1 N–H and O–H groups in total. The van der Waals surface area contributed by atoms with Crippen molar-refractivity contribution < 1.29 is 9.21 Å². The highest BCUT2D eigenvalue weighted by Gasteiger charge is 2.22. The van der Waals surface area contributed by atoms with Crippen LogP contribution in [0, 0.1) is 17.2 Å². The lowest BCUT2D eigenvalue weighted by Gasteiger charge is -2.09. The summed E-state index contributed by atoms with van der Waals surface area (Å²) in [6.45, 7) is 6.83. The van der Waals surface area contributed by atoms with E-state index in [4.69, 9.17) is 4.42 Å². The largest absolute Gasteiger partial charge is 0.455 e. The van der Waals surface area contributed by atoms with Crippen LogP contribution in [0.3, 0.4) is 0 Å². The van der Waals surface area contributed by atoms with E-state index < -0.39 is 0 Å². The Morgan fingerprint density at radius 1 is 1.03 bits per heavy atom. The van der Waals surface area contributed by atoms with Crippen LogP contribution in [0.2, 0.25) is 0 Å². The molecule has 34 heavy (non-hydrogen) atoms. The molecule has 0 aliphatic heterocycles. The van der Waals surface area contributed by atoms with Gasteiger partial charge < -0.3 is 9.73 Å². The molecular formula is C30H28N2O2. The molecule has 0 saturated carbocycles. The number of nitrogens with zero attached hydrogens (tertiary/aromatic N) is 1. The summed E-state index contributed by atoms with van der Waals surface area (Å²) < 4.78 is 6.12. The number of carbonyl (C=O) groups is 1. The van der Waals surface area contributed by atoms with Crippen molar-refractivity contribution in [2.75, 3.05) is 6.54 Å². The lowest BCUT2D eigenvalue weighted by molar-refractivity contribution is 0.0950. The normalized spacial score (nSPS) is 11.6. The summed E-state index contributed by atoms with van der Waals surface area (Å²) in [6, 6.07) is 25.7. The van der Waals surface area contributed by atoms with Crippen molar-refractivity contribution in [3.8, 4) is 17.4 Å². The minimum absolute atomic E-state index is 0.147. The van der Waals surface area contributed by atoms with E-state index in [-0.39, 0.29) is 5.91 Å². The van der Waals surface area contributed by atoms with Gasteiger partial charge in [0, 0.05) is 17.5 Å². The highest BCUT2D eigenvalue weighted by Crippen LogP contribution is 2.34. The molecule has 1 heterocycles. The van der Waals surface area contributed by atoms with Gasteiger partial charge in [-0.15, -0.1) is 0 Å². The predicted molar refractivity (Wildman–Crippen MR) is 138 cm³/mol. The standard InChI is InChI=1S/C30H28N2O2/c1-4-21-9-11-22(12-10-21)17-25(18-31)23-13-15-24(16-14-23)29-28(30(33)32-19-20(2)3)26-7-5-6-8-27(26)34-29/h5-17,20H,4,19H2,1-3H3,(H,32,33)/b25-17+. The molecule has 0 radical (unpaired) electrons. The molecule has 4 heteroatoms. The topological polar surface area (TPSA) is 66.0 Å². The molecule has 0 unspecified atom stereocenters. The maximum absolute atomic E-state index is 13.1. The highest BCUT2D eigenvalue weighted by molar-refractivity contribution is 6.11. The first kappa shape index (κ1) is 23.1. The van der Waals surface area contributed by atoms with Gasteiger partial charge in [0.1, 0.15) is 11.3 Å². The summed E-state index contributed by atoms with van der Waals surface area (Å²) in [4.78, 5) is 13.1. The van der Waals surface area contributed by atoms with Crippen LogP contribution in [0.25, 0.3) is 33.9 Å². The summed E-state index contributed by atoms with van der Waals surface area (Å²) in [5.41, 5.74) is 5.64. The Bertz CT molecular complexity index is 1370. The predicted octanol–water partition coefficient (Wildman–Crippen LogP) is 7.11. The van der Waals surface area contributed by atoms with Crippen molar-refractivity contribution in [1.82, 2.24) is 5.32 Å². The molecule has 0 fully saturated rings. The Balaban J connectivity index is 1.69. The SMILES string of the molecule is CCc1ccc(/C=C(\C#N)c2ccc(-c3oc4ccccc4c3C(=O)NCC(C)C)cc2)cc1. The fraction of sp³-hybridized carbons (Fsp3) is 0.200. The molecule has 0 aliphatic rings. The van der Waals surface area contributed by atoms with Crippen LogP contribution in [0.15, 0.2) is 77.2 Å². The monoisotopic (exact) mass is 448 g/mol. The van der Waals surface area contributed by atoms with Gasteiger partial charge in [-0.05, 0) is 41.2 Å². The number of carbonyl (C=O) groups excluding carboxylic acids is 1. The third-order valence-electron chi connectivity index (χ3n) is 5.77. The van der Waals surface area contributed by atoms with Crippen LogP contribution in [0.5, 0.6) is 0 Å². The number of furan rings is 1. The molecule has 1 amide bonds. The zero-order valence-electron chi connectivity index (χ0n) is 19.8. The van der Waals surface area contributed by atoms with Crippen LogP contribution in [-0.2, 0) is 6.42 Å². The van der Waals surface area contributed by atoms with Crippen LogP contribution < -0.4 is 5.32 Å². The van der Waals surface area contributed by atoms with Gasteiger partial charge >= 0.3 is 0 Å². The number of amides is 1. The van der Waals surface area contributed by atoms with Gasteiger partial charge in [0.05, 0.1) is 17.2 Å². The Morgan fingerprint density at radius 2 is 1.74 bits per heavy atom. The number of rotatable bonds is 7. The Hall–Kier alpha value is -4.10. The number of hydrogen-bond donors (Lipinski definition) is 1. The van der Waals surface area contributed by atoms with E-state index in [1.807, 2.05) is 66.7 Å². The van der Waals surface area contributed by atoms with Gasteiger partial charge in [-0.1, -0.05) is 87.5 Å². The van der Waals surface area contributed by atoms with E-state index >= 15 is 0 Å². The van der Waals surface area contributed by atoms with E-state index in [1.54, 1.807) is 0 Å². The first-order valence-electron chi connectivity index (χ1n) is 11.6. The second-order valence-electron chi connectivity index (χ2n) is 8.75. The summed E-state index contributed by atoms with van der Waals surface area (Å²) in [7, 11) is 0. The highest BCUT2D eigenvalue weighted by atomic mass is 16.3. The molecule has 4 nitrogen and oxygen atoms in total. The zero-order valence-corrected chi connectivity index (χ0v) is 19.8. The number of nitrogens with one attached hydrogen (secondary N) is 1. The molecule has 0 spiro atoms.